The van der Waals surface area contributed by atoms with Crippen LogP contribution in [0.1, 0.15) is 36.7 Å². The number of hydrogen-bond donors (Lipinski definition) is 1. The van der Waals surface area contributed by atoms with Gasteiger partial charge in [-0.1, -0.05) is 6.92 Å². The third kappa shape index (κ3) is 2.82. The largest absolute Gasteiger partial charge is 0.375 e. The van der Waals surface area contributed by atoms with Crippen molar-refractivity contribution in [1.82, 2.24) is 20.1 Å². The van der Waals surface area contributed by atoms with Crippen molar-refractivity contribution in [2.24, 2.45) is 0 Å². The fourth-order valence-electron chi connectivity index (χ4n) is 1.88. The molecule has 6 heteroatoms. The van der Waals surface area contributed by atoms with Crippen LogP contribution in [0.4, 0.5) is 0 Å². The van der Waals surface area contributed by atoms with Gasteiger partial charge in [-0.25, -0.2) is 4.98 Å². The molecule has 1 atom stereocenters. The number of aromatic nitrogens is 3. The van der Waals surface area contributed by atoms with Crippen LogP contribution in [0.25, 0.3) is 0 Å². The molecule has 0 saturated carbocycles. The highest BCUT2D eigenvalue weighted by atomic mass is 16.5. The molecule has 1 fully saturated rings. The lowest BCUT2D eigenvalue weighted by atomic mass is 10.3. The quantitative estimate of drug-likeness (QED) is 0.838. The maximum Gasteiger partial charge on any atom is 0.293 e. The Labute approximate surface area is 100 Å². The maximum atomic E-state index is 12.1. The summed E-state index contributed by atoms with van der Waals surface area (Å²) in [5.74, 6) is 0.929. The van der Waals surface area contributed by atoms with E-state index in [0.717, 1.165) is 18.7 Å². The molecule has 1 aliphatic rings. The van der Waals surface area contributed by atoms with Crippen LogP contribution in [0, 0.1) is 0 Å². The summed E-state index contributed by atoms with van der Waals surface area (Å²) < 4.78 is 5.40. The lowest BCUT2D eigenvalue weighted by Gasteiger charge is -2.30. The summed E-state index contributed by atoms with van der Waals surface area (Å²) in [5, 5.41) is 6.76. The van der Waals surface area contributed by atoms with Gasteiger partial charge in [-0.2, -0.15) is 0 Å². The summed E-state index contributed by atoms with van der Waals surface area (Å²) in [6.07, 6.45) is 1.89. The van der Waals surface area contributed by atoms with Gasteiger partial charge in [-0.05, 0) is 13.3 Å². The van der Waals surface area contributed by atoms with Crippen LogP contribution >= 0.6 is 0 Å². The highest BCUT2D eigenvalue weighted by molar-refractivity contribution is 5.90. The van der Waals surface area contributed by atoms with E-state index in [1.165, 1.54) is 0 Å². The number of nitrogens with zero attached hydrogens (tertiary/aromatic N) is 3. The Kier molecular flexibility index (Phi) is 3.73. The van der Waals surface area contributed by atoms with Gasteiger partial charge in [-0.15, -0.1) is 5.10 Å². The first-order valence-electron chi connectivity index (χ1n) is 6.03. The average molecular weight is 238 g/mol. The van der Waals surface area contributed by atoms with Crippen LogP contribution in [0.3, 0.4) is 0 Å². The van der Waals surface area contributed by atoms with Gasteiger partial charge in [0.15, 0.2) is 0 Å². The molecule has 94 valence electrons. The average Bonchev–Trinajstić information content (AvgIpc) is 2.77. The summed E-state index contributed by atoms with van der Waals surface area (Å²) in [7, 11) is 0. The van der Waals surface area contributed by atoms with Crippen LogP contribution in [-0.2, 0) is 11.2 Å². The Morgan fingerprint density at radius 3 is 3.18 bits per heavy atom. The molecule has 0 bridgehead atoms. The van der Waals surface area contributed by atoms with E-state index in [4.69, 9.17) is 4.74 Å². The summed E-state index contributed by atoms with van der Waals surface area (Å²) in [6.45, 7) is 5.82. The van der Waals surface area contributed by atoms with E-state index in [1.54, 1.807) is 4.90 Å². The first-order valence-corrected chi connectivity index (χ1v) is 6.03. The first kappa shape index (κ1) is 12.0. The Balaban J connectivity index is 2.02. The molecule has 0 aliphatic carbocycles. The van der Waals surface area contributed by atoms with Crippen molar-refractivity contribution < 1.29 is 9.53 Å². The number of rotatable bonds is 3. The second-order valence-electron chi connectivity index (χ2n) is 4.29. The van der Waals surface area contributed by atoms with Gasteiger partial charge in [-0.3, -0.25) is 9.89 Å². The second kappa shape index (κ2) is 5.27. The molecule has 1 saturated heterocycles. The van der Waals surface area contributed by atoms with E-state index in [1.807, 2.05) is 6.92 Å². The summed E-state index contributed by atoms with van der Waals surface area (Å²) in [4.78, 5) is 18.0. The smallest absolute Gasteiger partial charge is 0.293 e. The molecule has 0 spiro atoms. The lowest BCUT2D eigenvalue weighted by Crippen LogP contribution is -2.44. The zero-order chi connectivity index (χ0) is 12.3. The van der Waals surface area contributed by atoms with Crippen LogP contribution in [0.5, 0.6) is 0 Å². The molecule has 1 N–H and O–H groups in total. The minimum Gasteiger partial charge on any atom is -0.375 e. The first-order chi connectivity index (χ1) is 8.20. The Morgan fingerprint density at radius 1 is 1.65 bits per heavy atom. The number of aromatic amines is 1. The Morgan fingerprint density at radius 2 is 2.47 bits per heavy atom. The predicted molar refractivity (Wildman–Crippen MR) is 61.7 cm³/mol. The molecule has 17 heavy (non-hydrogen) atoms. The monoisotopic (exact) mass is 238 g/mol. The van der Waals surface area contributed by atoms with Crippen molar-refractivity contribution in [3.05, 3.63) is 11.6 Å². The van der Waals surface area contributed by atoms with Gasteiger partial charge in [0.1, 0.15) is 5.82 Å². The summed E-state index contributed by atoms with van der Waals surface area (Å²) >= 11 is 0. The van der Waals surface area contributed by atoms with Gasteiger partial charge in [0.05, 0.1) is 12.7 Å². The van der Waals surface area contributed by atoms with Crippen LogP contribution in [0.2, 0.25) is 0 Å². The molecule has 0 aromatic carbocycles. The molecule has 1 aromatic heterocycles. The Bertz CT molecular complexity index is 391. The number of morpholine rings is 1. The van der Waals surface area contributed by atoms with E-state index >= 15 is 0 Å². The molecule has 1 unspecified atom stereocenters. The number of H-pyrrole nitrogens is 1. The van der Waals surface area contributed by atoms with E-state index in [-0.39, 0.29) is 17.8 Å². The van der Waals surface area contributed by atoms with Crippen molar-refractivity contribution in [3.63, 3.8) is 0 Å². The maximum absolute atomic E-state index is 12.1. The molecule has 1 aromatic rings. The van der Waals surface area contributed by atoms with Crippen LogP contribution < -0.4 is 0 Å². The van der Waals surface area contributed by atoms with Crippen molar-refractivity contribution in [2.75, 3.05) is 19.7 Å². The third-order valence-corrected chi connectivity index (χ3v) is 2.74. The highest BCUT2D eigenvalue weighted by Gasteiger charge is 2.25. The minimum atomic E-state index is -0.112. The van der Waals surface area contributed by atoms with E-state index in [9.17, 15) is 4.79 Å². The third-order valence-electron chi connectivity index (χ3n) is 2.74. The predicted octanol–water partition coefficient (Wildman–Crippen LogP) is 0.618. The molecule has 6 nitrogen and oxygen atoms in total. The van der Waals surface area contributed by atoms with E-state index in [0.29, 0.717) is 19.7 Å². The molecular formula is C11H18N4O2. The minimum absolute atomic E-state index is 0.0850. The van der Waals surface area contributed by atoms with E-state index < -0.39 is 0 Å². The second-order valence-corrected chi connectivity index (χ2v) is 4.29. The normalized spacial score (nSPS) is 20.6. The van der Waals surface area contributed by atoms with Gasteiger partial charge >= 0.3 is 0 Å². The van der Waals surface area contributed by atoms with Gasteiger partial charge in [0, 0.05) is 19.5 Å². The number of ether oxygens (including phenoxy) is 1. The number of nitrogens with one attached hydrogen (secondary N) is 1. The number of carbonyl (C=O) groups is 1. The van der Waals surface area contributed by atoms with Gasteiger partial charge in [0.2, 0.25) is 5.82 Å². The van der Waals surface area contributed by atoms with Crippen LogP contribution in [0.15, 0.2) is 0 Å². The Hall–Kier alpha value is -1.43. The van der Waals surface area contributed by atoms with Gasteiger partial charge in [0.25, 0.3) is 5.91 Å². The van der Waals surface area contributed by atoms with E-state index in [2.05, 4.69) is 22.1 Å². The number of hydrogen-bond acceptors (Lipinski definition) is 4. The SMILES string of the molecule is CCCc1nc(C(=O)N2CCOC(C)C2)n[nH]1. The number of amides is 1. The van der Waals surface area contributed by atoms with Crippen molar-refractivity contribution in [2.45, 2.75) is 32.8 Å². The number of carbonyl (C=O) groups excluding carboxylic acids is 1. The van der Waals surface area contributed by atoms with Crippen molar-refractivity contribution >= 4 is 5.91 Å². The zero-order valence-corrected chi connectivity index (χ0v) is 10.3. The summed E-state index contributed by atoms with van der Waals surface area (Å²) in [5.41, 5.74) is 0. The zero-order valence-electron chi connectivity index (χ0n) is 10.3. The molecular weight excluding hydrogens is 220 g/mol. The fourth-order valence-corrected chi connectivity index (χ4v) is 1.88. The van der Waals surface area contributed by atoms with Crippen LogP contribution in [-0.4, -0.2) is 51.8 Å². The standard InChI is InChI=1S/C11H18N4O2/c1-3-4-9-12-10(14-13-9)11(16)15-5-6-17-8(2)7-15/h8H,3-7H2,1-2H3,(H,12,13,14). The molecule has 2 heterocycles. The molecule has 1 aliphatic heterocycles. The fraction of sp³-hybridized carbons (Fsp3) is 0.727. The lowest BCUT2D eigenvalue weighted by molar-refractivity contribution is -0.0128. The molecule has 1 amide bonds. The topological polar surface area (TPSA) is 71.1 Å². The number of aryl methyl sites for hydroxylation is 1. The summed E-state index contributed by atoms with van der Waals surface area (Å²) in [6, 6.07) is 0. The molecule has 2 rings (SSSR count). The van der Waals surface area contributed by atoms with Crippen molar-refractivity contribution in [3.8, 4) is 0 Å². The van der Waals surface area contributed by atoms with Crippen molar-refractivity contribution in [1.29, 1.82) is 0 Å². The van der Waals surface area contributed by atoms with Gasteiger partial charge < -0.3 is 9.64 Å². The molecule has 0 radical (unpaired) electrons. The highest BCUT2D eigenvalue weighted by Crippen LogP contribution is 2.08.